The second kappa shape index (κ2) is 5.81. The van der Waals surface area contributed by atoms with Crippen LogP contribution in [-0.4, -0.2) is 72.7 Å². The Kier molecular flexibility index (Phi) is 4.70. The number of methoxy groups -OCH3 is 1. The lowest BCUT2D eigenvalue weighted by atomic mass is 10.2. The Labute approximate surface area is 94.8 Å². The van der Waals surface area contributed by atoms with Crippen LogP contribution in [0.15, 0.2) is 0 Å². The topological polar surface area (TPSA) is 70.1 Å². The van der Waals surface area contributed by atoms with Crippen molar-refractivity contribution in [1.29, 1.82) is 0 Å². The fraction of sp³-hybridized carbons (Fsp3) is 0.800. The van der Waals surface area contributed by atoms with Crippen molar-refractivity contribution in [3.63, 3.8) is 0 Å². The van der Waals surface area contributed by atoms with Gasteiger partial charge in [0.15, 0.2) is 0 Å². The van der Waals surface area contributed by atoms with E-state index in [2.05, 4.69) is 0 Å². The molecule has 6 nitrogen and oxygen atoms in total. The number of hydrogen-bond donors (Lipinski definition) is 1. The molecule has 1 atom stereocenters. The molecule has 1 fully saturated rings. The molecule has 0 aromatic rings. The van der Waals surface area contributed by atoms with Gasteiger partial charge < -0.3 is 14.7 Å². The van der Waals surface area contributed by atoms with Crippen molar-refractivity contribution in [2.45, 2.75) is 13.0 Å². The van der Waals surface area contributed by atoms with Gasteiger partial charge in [0.2, 0.25) is 5.91 Å². The number of amides is 1. The summed E-state index contributed by atoms with van der Waals surface area (Å²) < 4.78 is 4.77. The van der Waals surface area contributed by atoms with Gasteiger partial charge in [-0.2, -0.15) is 0 Å². The minimum atomic E-state index is -0.823. The minimum absolute atomic E-state index is 0.0369. The van der Waals surface area contributed by atoms with Gasteiger partial charge in [-0.25, -0.2) is 0 Å². The standard InChI is InChI=1S/C10H18N2O4/c1-8(10(14)15)11-3-5-12(6-4-11)9(13)7-16-2/h8H,3-7H2,1-2H3,(H,14,15). The van der Waals surface area contributed by atoms with Crippen molar-refractivity contribution in [3.05, 3.63) is 0 Å². The quantitative estimate of drug-likeness (QED) is 0.688. The third kappa shape index (κ3) is 3.18. The van der Waals surface area contributed by atoms with E-state index in [4.69, 9.17) is 9.84 Å². The normalized spacial score (nSPS) is 19.5. The molecule has 1 unspecified atom stereocenters. The third-order valence-electron chi connectivity index (χ3n) is 2.84. The van der Waals surface area contributed by atoms with Crippen LogP contribution in [0, 0.1) is 0 Å². The van der Waals surface area contributed by atoms with Gasteiger partial charge in [0.1, 0.15) is 12.6 Å². The smallest absolute Gasteiger partial charge is 0.320 e. The molecule has 1 N–H and O–H groups in total. The highest BCUT2D eigenvalue weighted by molar-refractivity contribution is 5.77. The van der Waals surface area contributed by atoms with Crippen molar-refractivity contribution in [2.24, 2.45) is 0 Å². The van der Waals surface area contributed by atoms with E-state index in [9.17, 15) is 9.59 Å². The highest BCUT2D eigenvalue weighted by atomic mass is 16.5. The molecule has 1 amide bonds. The van der Waals surface area contributed by atoms with Gasteiger partial charge in [-0.15, -0.1) is 0 Å². The molecule has 0 saturated carbocycles. The number of carbonyl (C=O) groups is 2. The zero-order chi connectivity index (χ0) is 12.1. The Hall–Kier alpha value is -1.14. The number of nitrogens with zero attached hydrogens (tertiary/aromatic N) is 2. The van der Waals surface area contributed by atoms with Gasteiger partial charge in [0, 0.05) is 33.3 Å². The van der Waals surface area contributed by atoms with Crippen molar-refractivity contribution in [1.82, 2.24) is 9.80 Å². The number of carbonyl (C=O) groups excluding carboxylic acids is 1. The van der Waals surface area contributed by atoms with Crippen LogP contribution in [0.5, 0.6) is 0 Å². The predicted octanol–water partition coefficient (Wildman–Crippen LogP) is -0.750. The summed E-state index contributed by atoms with van der Waals surface area (Å²) in [5.74, 6) is -0.859. The van der Waals surface area contributed by atoms with Crippen LogP contribution in [0.3, 0.4) is 0 Å². The summed E-state index contributed by atoms with van der Waals surface area (Å²) in [6.07, 6.45) is 0. The van der Waals surface area contributed by atoms with Crippen molar-refractivity contribution < 1.29 is 19.4 Å². The molecule has 1 aliphatic heterocycles. The lowest BCUT2D eigenvalue weighted by molar-refractivity contribution is -0.144. The molecule has 0 aromatic carbocycles. The summed E-state index contributed by atoms with van der Waals surface area (Å²) >= 11 is 0. The van der Waals surface area contributed by atoms with E-state index in [-0.39, 0.29) is 12.5 Å². The molecule has 16 heavy (non-hydrogen) atoms. The average molecular weight is 230 g/mol. The first-order chi connectivity index (χ1) is 7.56. The number of aliphatic carboxylic acids is 1. The van der Waals surface area contributed by atoms with E-state index < -0.39 is 12.0 Å². The number of rotatable bonds is 4. The molecule has 1 saturated heterocycles. The van der Waals surface area contributed by atoms with Crippen LogP contribution in [0.25, 0.3) is 0 Å². The molecule has 0 radical (unpaired) electrons. The summed E-state index contributed by atoms with van der Waals surface area (Å²) in [6.45, 7) is 4.09. The van der Waals surface area contributed by atoms with Gasteiger partial charge in [-0.05, 0) is 6.92 Å². The maximum Gasteiger partial charge on any atom is 0.320 e. The molecular weight excluding hydrogens is 212 g/mol. The molecule has 0 spiro atoms. The van der Waals surface area contributed by atoms with Crippen molar-refractivity contribution in [3.8, 4) is 0 Å². The molecular formula is C10H18N2O4. The molecule has 92 valence electrons. The van der Waals surface area contributed by atoms with Gasteiger partial charge in [-0.3, -0.25) is 14.5 Å². The number of piperazine rings is 1. The minimum Gasteiger partial charge on any atom is -0.480 e. The summed E-state index contributed by atoms with van der Waals surface area (Å²) in [4.78, 5) is 25.8. The zero-order valence-electron chi connectivity index (χ0n) is 9.68. The van der Waals surface area contributed by atoms with E-state index in [1.165, 1.54) is 7.11 Å². The number of hydrogen-bond acceptors (Lipinski definition) is 4. The Morgan fingerprint density at radius 1 is 1.31 bits per heavy atom. The third-order valence-corrected chi connectivity index (χ3v) is 2.84. The first kappa shape index (κ1) is 12.9. The molecule has 0 aliphatic carbocycles. The fourth-order valence-corrected chi connectivity index (χ4v) is 1.73. The molecule has 1 heterocycles. The van der Waals surface area contributed by atoms with Crippen LogP contribution in [0.4, 0.5) is 0 Å². The van der Waals surface area contributed by atoms with E-state index in [1.54, 1.807) is 11.8 Å². The van der Waals surface area contributed by atoms with Crippen LogP contribution in [0.2, 0.25) is 0 Å². The van der Waals surface area contributed by atoms with Crippen LogP contribution in [0.1, 0.15) is 6.92 Å². The Bertz CT molecular complexity index is 262. The van der Waals surface area contributed by atoms with Crippen LogP contribution >= 0.6 is 0 Å². The number of ether oxygens (including phenoxy) is 1. The Morgan fingerprint density at radius 2 is 1.88 bits per heavy atom. The first-order valence-corrected chi connectivity index (χ1v) is 5.30. The fourth-order valence-electron chi connectivity index (χ4n) is 1.73. The second-order valence-electron chi connectivity index (χ2n) is 3.86. The lowest BCUT2D eigenvalue weighted by Gasteiger charge is -2.36. The van der Waals surface area contributed by atoms with Gasteiger partial charge in [0.05, 0.1) is 0 Å². The largest absolute Gasteiger partial charge is 0.480 e. The number of carboxylic acids is 1. The van der Waals surface area contributed by atoms with Crippen LogP contribution in [-0.2, 0) is 14.3 Å². The molecule has 6 heteroatoms. The van der Waals surface area contributed by atoms with Crippen molar-refractivity contribution >= 4 is 11.9 Å². The highest BCUT2D eigenvalue weighted by Gasteiger charge is 2.26. The summed E-state index contributed by atoms with van der Waals surface area (Å²) in [6, 6.07) is -0.486. The molecule has 1 rings (SSSR count). The van der Waals surface area contributed by atoms with E-state index in [0.29, 0.717) is 26.2 Å². The summed E-state index contributed by atoms with van der Waals surface area (Å²) in [5.41, 5.74) is 0. The van der Waals surface area contributed by atoms with Gasteiger partial charge in [-0.1, -0.05) is 0 Å². The highest BCUT2D eigenvalue weighted by Crippen LogP contribution is 2.06. The van der Waals surface area contributed by atoms with E-state index >= 15 is 0 Å². The maximum atomic E-state index is 11.5. The Balaban J connectivity index is 2.39. The van der Waals surface area contributed by atoms with Crippen LogP contribution < -0.4 is 0 Å². The monoisotopic (exact) mass is 230 g/mol. The maximum absolute atomic E-state index is 11.5. The molecule has 0 bridgehead atoms. The van der Waals surface area contributed by atoms with E-state index in [0.717, 1.165) is 0 Å². The summed E-state index contributed by atoms with van der Waals surface area (Å²) in [5, 5.41) is 8.85. The van der Waals surface area contributed by atoms with E-state index in [1.807, 2.05) is 4.90 Å². The molecule has 1 aliphatic rings. The average Bonchev–Trinajstić information content (AvgIpc) is 2.28. The van der Waals surface area contributed by atoms with Gasteiger partial charge >= 0.3 is 5.97 Å². The second-order valence-corrected chi connectivity index (χ2v) is 3.86. The van der Waals surface area contributed by atoms with Gasteiger partial charge in [0.25, 0.3) is 0 Å². The predicted molar refractivity (Wildman–Crippen MR) is 57.1 cm³/mol. The number of carboxylic acid groups (broad SMARTS) is 1. The van der Waals surface area contributed by atoms with Crippen molar-refractivity contribution in [2.75, 3.05) is 39.9 Å². The molecule has 0 aromatic heterocycles. The summed E-state index contributed by atoms with van der Waals surface area (Å²) in [7, 11) is 1.49. The SMILES string of the molecule is COCC(=O)N1CCN(C(C)C(=O)O)CC1. The lowest BCUT2D eigenvalue weighted by Crippen LogP contribution is -2.53. The zero-order valence-corrected chi connectivity index (χ0v) is 9.68. The first-order valence-electron chi connectivity index (χ1n) is 5.30. The Morgan fingerprint density at radius 3 is 2.31 bits per heavy atom.